The summed E-state index contributed by atoms with van der Waals surface area (Å²) in [4.78, 5) is 4.18. The third-order valence-corrected chi connectivity index (χ3v) is 4.04. The first-order valence-electron chi connectivity index (χ1n) is 6.36. The SMILES string of the molecule is CC(NCc1ccc(O)cn1)c1ccc(S(N)(=O)=O)cc1. The molecule has 0 amide bonds. The van der Waals surface area contributed by atoms with Gasteiger partial charge in [0, 0.05) is 12.6 Å². The number of nitrogens with zero attached hydrogens (tertiary/aromatic N) is 1. The molecular weight excluding hydrogens is 290 g/mol. The quantitative estimate of drug-likeness (QED) is 0.772. The lowest BCUT2D eigenvalue weighted by molar-refractivity contribution is 0.471. The van der Waals surface area contributed by atoms with E-state index < -0.39 is 10.0 Å². The summed E-state index contributed by atoms with van der Waals surface area (Å²) in [5.41, 5.74) is 1.75. The van der Waals surface area contributed by atoms with Gasteiger partial charge in [-0.25, -0.2) is 13.6 Å². The van der Waals surface area contributed by atoms with Gasteiger partial charge in [0.05, 0.1) is 16.8 Å². The smallest absolute Gasteiger partial charge is 0.238 e. The lowest BCUT2D eigenvalue weighted by Gasteiger charge is -2.14. The van der Waals surface area contributed by atoms with Crippen molar-refractivity contribution in [1.82, 2.24) is 10.3 Å². The predicted molar refractivity (Wildman–Crippen MR) is 79.0 cm³/mol. The minimum absolute atomic E-state index is 0.0233. The van der Waals surface area contributed by atoms with E-state index in [2.05, 4.69) is 10.3 Å². The number of hydrogen-bond acceptors (Lipinski definition) is 5. The van der Waals surface area contributed by atoms with Gasteiger partial charge in [0.1, 0.15) is 5.75 Å². The molecule has 0 fully saturated rings. The summed E-state index contributed by atoms with van der Waals surface area (Å²) in [7, 11) is -3.66. The third-order valence-electron chi connectivity index (χ3n) is 3.11. The largest absolute Gasteiger partial charge is 0.506 e. The van der Waals surface area contributed by atoms with Gasteiger partial charge >= 0.3 is 0 Å². The highest BCUT2D eigenvalue weighted by molar-refractivity contribution is 7.89. The fraction of sp³-hybridized carbons (Fsp3) is 0.214. The molecule has 4 N–H and O–H groups in total. The maximum atomic E-state index is 11.2. The summed E-state index contributed by atoms with van der Waals surface area (Å²) in [6.45, 7) is 2.50. The molecule has 0 aliphatic rings. The summed E-state index contributed by atoms with van der Waals surface area (Å²) in [6, 6.07) is 9.76. The Hall–Kier alpha value is -1.96. The van der Waals surface area contributed by atoms with Gasteiger partial charge in [-0.15, -0.1) is 0 Å². The molecule has 112 valence electrons. The molecule has 1 unspecified atom stereocenters. The van der Waals surface area contributed by atoms with Crippen LogP contribution in [0.4, 0.5) is 0 Å². The summed E-state index contributed by atoms with van der Waals surface area (Å²) < 4.78 is 22.4. The van der Waals surface area contributed by atoms with Crippen molar-refractivity contribution in [2.45, 2.75) is 24.4 Å². The van der Waals surface area contributed by atoms with Crippen LogP contribution < -0.4 is 10.5 Å². The number of hydrogen-bond donors (Lipinski definition) is 3. The maximum Gasteiger partial charge on any atom is 0.238 e. The van der Waals surface area contributed by atoms with Crippen LogP contribution in [0.5, 0.6) is 5.75 Å². The average Bonchev–Trinajstić information content (AvgIpc) is 2.45. The molecule has 2 aromatic rings. The first kappa shape index (κ1) is 15.4. The molecule has 6 nitrogen and oxygen atoms in total. The van der Waals surface area contributed by atoms with Crippen LogP contribution in [0, 0.1) is 0 Å². The Labute approximate surface area is 123 Å². The minimum Gasteiger partial charge on any atom is -0.506 e. The van der Waals surface area contributed by atoms with Crippen LogP contribution in [0.25, 0.3) is 0 Å². The molecule has 0 aliphatic carbocycles. The number of aromatic hydroxyl groups is 1. The van der Waals surface area contributed by atoms with Crippen molar-refractivity contribution in [2.75, 3.05) is 0 Å². The van der Waals surface area contributed by atoms with Gasteiger partial charge in [0.25, 0.3) is 0 Å². The fourth-order valence-electron chi connectivity index (χ4n) is 1.84. The second-order valence-corrected chi connectivity index (χ2v) is 6.29. The van der Waals surface area contributed by atoms with Crippen molar-refractivity contribution in [1.29, 1.82) is 0 Å². The second-order valence-electron chi connectivity index (χ2n) is 4.72. The Morgan fingerprint density at radius 2 is 1.90 bits per heavy atom. The number of nitrogens with two attached hydrogens (primary N) is 1. The van der Waals surface area contributed by atoms with Crippen molar-refractivity contribution in [2.24, 2.45) is 5.14 Å². The number of aromatic nitrogens is 1. The zero-order valence-corrected chi connectivity index (χ0v) is 12.3. The molecule has 0 saturated carbocycles. The number of nitrogens with one attached hydrogen (secondary N) is 1. The highest BCUT2D eigenvalue weighted by Crippen LogP contribution is 2.16. The Kier molecular flexibility index (Phi) is 4.56. The van der Waals surface area contributed by atoms with Crippen molar-refractivity contribution in [3.8, 4) is 5.75 Å². The fourth-order valence-corrected chi connectivity index (χ4v) is 2.36. The van der Waals surface area contributed by atoms with E-state index in [1.165, 1.54) is 18.3 Å². The molecular formula is C14H17N3O3S. The van der Waals surface area contributed by atoms with Crippen LogP contribution >= 0.6 is 0 Å². The molecule has 0 saturated heterocycles. The monoisotopic (exact) mass is 307 g/mol. The summed E-state index contributed by atoms with van der Waals surface area (Å²) in [5.74, 6) is 0.130. The maximum absolute atomic E-state index is 11.2. The van der Waals surface area contributed by atoms with Gasteiger partial charge in [-0.05, 0) is 36.8 Å². The second kappa shape index (κ2) is 6.21. The number of primary sulfonamides is 1. The van der Waals surface area contributed by atoms with Crippen LogP contribution in [0.15, 0.2) is 47.5 Å². The first-order valence-corrected chi connectivity index (χ1v) is 7.91. The zero-order chi connectivity index (χ0) is 15.5. The minimum atomic E-state index is -3.66. The van der Waals surface area contributed by atoms with E-state index in [1.807, 2.05) is 6.92 Å². The highest BCUT2D eigenvalue weighted by atomic mass is 32.2. The van der Waals surface area contributed by atoms with Crippen LogP contribution in [0.2, 0.25) is 0 Å². The number of benzene rings is 1. The average molecular weight is 307 g/mol. The van der Waals surface area contributed by atoms with E-state index in [0.717, 1.165) is 11.3 Å². The van der Waals surface area contributed by atoms with Gasteiger partial charge in [-0.3, -0.25) is 4.98 Å². The van der Waals surface area contributed by atoms with E-state index in [9.17, 15) is 8.42 Å². The Morgan fingerprint density at radius 3 is 2.43 bits per heavy atom. The molecule has 0 bridgehead atoms. The van der Waals surface area contributed by atoms with Gasteiger partial charge in [0.15, 0.2) is 0 Å². The summed E-state index contributed by atoms with van der Waals surface area (Å²) >= 11 is 0. The molecule has 0 radical (unpaired) electrons. The summed E-state index contributed by atoms with van der Waals surface area (Å²) in [5, 5.41) is 17.5. The predicted octanol–water partition coefficient (Wildman–Crippen LogP) is 1.29. The molecule has 0 aliphatic heterocycles. The van der Waals surface area contributed by atoms with Crippen molar-refractivity contribution >= 4 is 10.0 Å². The molecule has 1 aromatic carbocycles. The Morgan fingerprint density at radius 1 is 1.24 bits per heavy atom. The number of sulfonamides is 1. The van der Waals surface area contributed by atoms with Gasteiger partial charge in [-0.1, -0.05) is 12.1 Å². The molecule has 1 aromatic heterocycles. The Bertz CT molecular complexity index is 697. The molecule has 0 spiro atoms. The number of rotatable bonds is 5. The first-order chi connectivity index (χ1) is 9.86. The standard InChI is InChI=1S/C14H17N3O3S/c1-10(16-8-12-4-5-13(18)9-17-12)11-2-6-14(7-3-11)21(15,19)20/h2-7,9-10,16,18H,8H2,1H3,(H2,15,19,20). The van der Waals surface area contributed by atoms with Gasteiger partial charge < -0.3 is 10.4 Å². The van der Waals surface area contributed by atoms with E-state index in [4.69, 9.17) is 10.2 Å². The molecule has 21 heavy (non-hydrogen) atoms. The van der Waals surface area contributed by atoms with E-state index in [1.54, 1.807) is 24.3 Å². The normalized spacial score (nSPS) is 13.0. The van der Waals surface area contributed by atoms with Crippen LogP contribution in [0.1, 0.15) is 24.2 Å². The van der Waals surface area contributed by atoms with Crippen molar-refractivity contribution in [3.63, 3.8) is 0 Å². The topological polar surface area (TPSA) is 105 Å². The van der Waals surface area contributed by atoms with E-state index >= 15 is 0 Å². The van der Waals surface area contributed by atoms with Crippen LogP contribution in [0.3, 0.4) is 0 Å². The number of pyridine rings is 1. The highest BCUT2D eigenvalue weighted by Gasteiger charge is 2.09. The molecule has 1 heterocycles. The lowest BCUT2D eigenvalue weighted by Crippen LogP contribution is -2.19. The van der Waals surface area contributed by atoms with E-state index in [0.29, 0.717) is 6.54 Å². The molecule has 7 heteroatoms. The molecule has 2 rings (SSSR count). The van der Waals surface area contributed by atoms with Gasteiger partial charge in [0.2, 0.25) is 10.0 Å². The third kappa shape index (κ3) is 4.25. The Balaban J connectivity index is 2.00. The van der Waals surface area contributed by atoms with Crippen LogP contribution in [-0.2, 0) is 16.6 Å². The summed E-state index contributed by atoms with van der Waals surface area (Å²) in [6.07, 6.45) is 1.39. The molecule has 1 atom stereocenters. The van der Waals surface area contributed by atoms with Gasteiger partial charge in [-0.2, -0.15) is 0 Å². The van der Waals surface area contributed by atoms with E-state index in [-0.39, 0.29) is 16.7 Å². The van der Waals surface area contributed by atoms with Crippen molar-refractivity contribution < 1.29 is 13.5 Å². The lowest BCUT2D eigenvalue weighted by atomic mass is 10.1. The van der Waals surface area contributed by atoms with Crippen molar-refractivity contribution in [3.05, 3.63) is 53.9 Å². The van der Waals surface area contributed by atoms with Crippen LogP contribution in [-0.4, -0.2) is 18.5 Å². The zero-order valence-electron chi connectivity index (χ0n) is 11.5.